The molecule has 2 N–H and O–H groups in total. The van der Waals surface area contributed by atoms with Crippen LogP contribution in [0.25, 0.3) is 0 Å². The molecule has 8 heteroatoms. The normalized spacial score (nSPS) is 11.3. The summed E-state index contributed by atoms with van der Waals surface area (Å²) in [5, 5.41) is 11.3. The Balaban J connectivity index is 3.28. The molecule has 0 amide bonds. The van der Waals surface area contributed by atoms with Crippen LogP contribution in [0.4, 0.5) is 5.69 Å². The van der Waals surface area contributed by atoms with Crippen LogP contribution in [0.5, 0.6) is 0 Å². The number of esters is 1. The average Bonchev–Trinajstić information content (AvgIpc) is 2.42. The molecular weight excluding hydrogens is 615 g/mol. The van der Waals surface area contributed by atoms with Crippen LogP contribution in [0.15, 0.2) is 6.07 Å². The molecule has 0 saturated heterocycles. The van der Waals surface area contributed by atoms with Crippen molar-refractivity contribution >= 4 is 85.4 Å². The fourth-order valence-electron chi connectivity index (χ4n) is 1.75. The Bertz CT molecular complexity index is 585. The van der Waals surface area contributed by atoms with Crippen molar-refractivity contribution in [2.24, 2.45) is 0 Å². The van der Waals surface area contributed by atoms with Gasteiger partial charge in [-0.1, -0.05) is 13.8 Å². The molecule has 0 aromatic heterocycles. The van der Waals surface area contributed by atoms with Crippen LogP contribution in [-0.2, 0) is 9.53 Å². The number of carboxylic acid groups (broad SMARTS) is 1. The first kappa shape index (κ1) is 19.2. The molecular formula is C13H13I3NO4-. The van der Waals surface area contributed by atoms with Gasteiger partial charge in [0.15, 0.2) is 5.60 Å². The number of nitrogens with two attached hydrogens (primary N) is 1. The molecule has 0 heterocycles. The summed E-state index contributed by atoms with van der Waals surface area (Å²) >= 11 is 6.05. The number of carboxylic acids is 1. The summed E-state index contributed by atoms with van der Waals surface area (Å²) in [6.07, 6.45) is 0.287. The van der Waals surface area contributed by atoms with E-state index in [1.165, 1.54) is 0 Å². The Hall–Kier alpha value is 0.150. The van der Waals surface area contributed by atoms with Gasteiger partial charge in [0.05, 0.1) is 20.8 Å². The molecule has 0 saturated carbocycles. The molecule has 0 aliphatic rings. The molecule has 1 aromatic rings. The summed E-state index contributed by atoms with van der Waals surface area (Å²) in [7, 11) is 0. The molecule has 0 aliphatic carbocycles. The molecule has 1 aromatic carbocycles. The number of hydrogen-bond acceptors (Lipinski definition) is 5. The Morgan fingerprint density at radius 2 is 1.76 bits per heavy atom. The molecule has 21 heavy (non-hydrogen) atoms. The highest BCUT2D eigenvalue weighted by Gasteiger charge is 2.34. The Morgan fingerprint density at radius 1 is 1.24 bits per heavy atom. The first-order chi connectivity index (χ1) is 9.70. The van der Waals surface area contributed by atoms with E-state index in [0.717, 1.165) is 3.57 Å². The molecule has 5 nitrogen and oxygen atoms in total. The Labute approximate surface area is 163 Å². The predicted molar refractivity (Wildman–Crippen MR) is 103 cm³/mol. The minimum absolute atomic E-state index is 0.143. The molecule has 0 atom stereocenters. The number of hydrogen-bond donors (Lipinski definition) is 1. The average molecular weight is 628 g/mol. The largest absolute Gasteiger partial charge is 0.546 e. The van der Waals surface area contributed by atoms with E-state index in [1.807, 2.05) is 45.2 Å². The van der Waals surface area contributed by atoms with Crippen molar-refractivity contribution < 1.29 is 19.4 Å². The lowest BCUT2D eigenvalue weighted by atomic mass is 9.97. The topological polar surface area (TPSA) is 92.5 Å². The number of aliphatic carboxylic acids is 1. The SMILES string of the molecule is CCC(CC)(OC(=O)c1c(I)cc(I)c(N)c1I)C(=O)[O-]. The summed E-state index contributed by atoms with van der Waals surface area (Å²) in [4.78, 5) is 23.7. The highest BCUT2D eigenvalue weighted by Crippen LogP contribution is 2.31. The van der Waals surface area contributed by atoms with E-state index < -0.39 is 17.5 Å². The van der Waals surface area contributed by atoms with E-state index in [4.69, 9.17) is 10.5 Å². The van der Waals surface area contributed by atoms with E-state index in [9.17, 15) is 14.7 Å². The van der Waals surface area contributed by atoms with E-state index >= 15 is 0 Å². The van der Waals surface area contributed by atoms with Crippen LogP contribution >= 0.6 is 67.8 Å². The Morgan fingerprint density at radius 3 is 2.19 bits per heavy atom. The van der Waals surface area contributed by atoms with Crippen molar-refractivity contribution in [3.63, 3.8) is 0 Å². The van der Waals surface area contributed by atoms with E-state index in [1.54, 1.807) is 19.9 Å². The Kier molecular flexibility index (Phi) is 6.96. The maximum absolute atomic E-state index is 12.4. The van der Waals surface area contributed by atoms with Crippen LogP contribution in [0.3, 0.4) is 0 Å². The molecule has 0 radical (unpaired) electrons. The van der Waals surface area contributed by atoms with Crippen LogP contribution in [0.2, 0.25) is 0 Å². The molecule has 0 aliphatic heterocycles. The summed E-state index contributed by atoms with van der Waals surface area (Å²) in [5.74, 6) is -2.08. The molecule has 0 fully saturated rings. The van der Waals surface area contributed by atoms with Gasteiger partial charge in [-0.3, -0.25) is 0 Å². The highest BCUT2D eigenvalue weighted by molar-refractivity contribution is 14.1. The van der Waals surface area contributed by atoms with E-state index in [0.29, 0.717) is 18.4 Å². The van der Waals surface area contributed by atoms with Gasteiger partial charge in [0.2, 0.25) is 0 Å². The summed E-state index contributed by atoms with van der Waals surface area (Å²) in [5.41, 5.74) is 5.09. The maximum Gasteiger partial charge on any atom is 0.341 e. The number of rotatable bonds is 5. The van der Waals surface area contributed by atoms with Crippen molar-refractivity contribution in [1.29, 1.82) is 0 Å². The van der Waals surface area contributed by atoms with Gasteiger partial charge in [-0.25, -0.2) is 4.79 Å². The minimum atomic E-state index is -1.61. The van der Waals surface area contributed by atoms with Gasteiger partial charge in [-0.05, 0) is 86.7 Å². The standard InChI is InChI=1S/C13H14I3NO4/c1-3-13(4-2,12(19)20)21-11(18)8-6(14)5-7(15)10(17)9(8)16/h5H,3-4,17H2,1-2H3,(H,19,20)/p-1. The van der Waals surface area contributed by atoms with E-state index in [2.05, 4.69) is 22.6 Å². The predicted octanol–water partition coefficient (Wildman–Crippen LogP) is 2.55. The second-order valence-electron chi connectivity index (χ2n) is 4.32. The van der Waals surface area contributed by atoms with Gasteiger partial charge >= 0.3 is 5.97 Å². The summed E-state index contributed by atoms with van der Waals surface area (Å²) in [6.45, 7) is 3.29. The molecule has 1 rings (SSSR count). The van der Waals surface area contributed by atoms with Gasteiger partial charge in [0.1, 0.15) is 0 Å². The molecule has 0 spiro atoms. The second-order valence-corrected chi connectivity index (χ2v) is 7.72. The fourth-order valence-corrected chi connectivity index (χ4v) is 5.56. The number of carbonyl (C=O) groups excluding carboxylic acids is 2. The lowest BCUT2D eigenvalue weighted by molar-refractivity contribution is -0.324. The van der Waals surface area contributed by atoms with Gasteiger partial charge in [-0.15, -0.1) is 0 Å². The number of halogens is 3. The first-order valence-corrected chi connectivity index (χ1v) is 9.31. The minimum Gasteiger partial charge on any atom is -0.546 e. The fraction of sp³-hybridized carbons (Fsp3) is 0.385. The van der Waals surface area contributed by atoms with Gasteiger partial charge < -0.3 is 20.4 Å². The van der Waals surface area contributed by atoms with Gasteiger partial charge in [0, 0.05) is 7.14 Å². The third-order valence-corrected chi connectivity index (χ3v) is 6.08. The third kappa shape index (κ3) is 3.92. The molecule has 0 unspecified atom stereocenters. The van der Waals surface area contributed by atoms with Crippen molar-refractivity contribution in [1.82, 2.24) is 0 Å². The zero-order chi connectivity index (χ0) is 16.4. The molecule has 116 valence electrons. The summed E-state index contributed by atoms with van der Waals surface area (Å²) < 4.78 is 7.33. The maximum atomic E-state index is 12.4. The van der Waals surface area contributed by atoms with E-state index in [-0.39, 0.29) is 12.8 Å². The van der Waals surface area contributed by atoms with Crippen LogP contribution in [-0.4, -0.2) is 17.5 Å². The highest BCUT2D eigenvalue weighted by atomic mass is 127. The number of nitrogen functional groups attached to an aromatic ring is 1. The van der Waals surface area contributed by atoms with Crippen LogP contribution < -0.4 is 10.8 Å². The van der Waals surface area contributed by atoms with Crippen molar-refractivity contribution in [2.75, 3.05) is 5.73 Å². The van der Waals surface area contributed by atoms with Gasteiger partial charge in [-0.2, -0.15) is 0 Å². The summed E-state index contributed by atoms with van der Waals surface area (Å²) in [6, 6.07) is 1.76. The lowest BCUT2D eigenvalue weighted by Gasteiger charge is -2.32. The second kappa shape index (κ2) is 7.62. The number of anilines is 1. The smallest absolute Gasteiger partial charge is 0.341 e. The monoisotopic (exact) mass is 628 g/mol. The molecule has 0 bridgehead atoms. The number of benzene rings is 1. The quantitative estimate of drug-likeness (QED) is 0.308. The van der Waals surface area contributed by atoms with Crippen molar-refractivity contribution in [3.05, 3.63) is 22.3 Å². The number of ether oxygens (including phenoxy) is 1. The van der Waals surface area contributed by atoms with Crippen molar-refractivity contribution in [3.8, 4) is 0 Å². The third-order valence-electron chi connectivity index (χ3n) is 3.21. The zero-order valence-corrected chi connectivity index (χ0v) is 17.8. The van der Waals surface area contributed by atoms with Crippen molar-refractivity contribution in [2.45, 2.75) is 32.3 Å². The van der Waals surface area contributed by atoms with Crippen LogP contribution in [0, 0.1) is 10.7 Å². The lowest BCUT2D eigenvalue weighted by Crippen LogP contribution is -2.50. The van der Waals surface area contributed by atoms with Crippen LogP contribution in [0.1, 0.15) is 37.0 Å². The first-order valence-electron chi connectivity index (χ1n) is 6.07. The number of carbonyl (C=O) groups is 2. The zero-order valence-electron chi connectivity index (χ0n) is 11.3. The van der Waals surface area contributed by atoms with Gasteiger partial charge in [0.25, 0.3) is 0 Å².